The van der Waals surface area contributed by atoms with Crippen LogP contribution in [0.4, 0.5) is 0 Å². The van der Waals surface area contributed by atoms with Gasteiger partial charge in [0.1, 0.15) is 5.15 Å². The second-order valence-electron chi connectivity index (χ2n) is 4.17. The Morgan fingerprint density at radius 3 is 2.59 bits per heavy atom. The smallest absolute Gasteiger partial charge is 0.254 e. The van der Waals surface area contributed by atoms with Crippen molar-refractivity contribution in [3.63, 3.8) is 0 Å². The molecule has 0 aliphatic carbocycles. The van der Waals surface area contributed by atoms with E-state index in [1.165, 1.54) is 0 Å². The van der Waals surface area contributed by atoms with Crippen molar-refractivity contribution in [1.29, 1.82) is 0 Å². The molecule has 0 aliphatic heterocycles. The van der Waals surface area contributed by atoms with Gasteiger partial charge in [0.15, 0.2) is 0 Å². The first-order valence-corrected chi connectivity index (χ1v) is 6.32. The SMILES string of the molecule is CCC(C)N(CC)C(=O)c1cc(C)nc(Cl)c1. The number of carbonyl (C=O) groups excluding carboxylic acids is 1. The summed E-state index contributed by atoms with van der Waals surface area (Å²) in [7, 11) is 0. The van der Waals surface area contributed by atoms with E-state index in [1.807, 2.05) is 18.7 Å². The molecule has 0 saturated heterocycles. The van der Waals surface area contributed by atoms with E-state index in [9.17, 15) is 4.79 Å². The van der Waals surface area contributed by atoms with E-state index in [0.29, 0.717) is 17.3 Å². The van der Waals surface area contributed by atoms with Gasteiger partial charge in [-0.15, -0.1) is 0 Å². The molecule has 94 valence electrons. The Morgan fingerprint density at radius 2 is 2.12 bits per heavy atom. The van der Waals surface area contributed by atoms with Crippen molar-refractivity contribution in [1.82, 2.24) is 9.88 Å². The van der Waals surface area contributed by atoms with Crippen LogP contribution in [0.3, 0.4) is 0 Å². The zero-order valence-corrected chi connectivity index (χ0v) is 11.6. The molecule has 1 unspecified atom stereocenters. The number of hydrogen-bond acceptors (Lipinski definition) is 2. The highest BCUT2D eigenvalue weighted by Crippen LogP contribution is 2.15. The number of pyridine rings is 1. The molecule has 1 atom stereocenters. The maximum absolute atomic E-state index is 12.3. The Balaban J connectivity index is 3.01. The van der Waals surface area contributed by atoms with Crippen molar-refractivity contribution in [2.24, 2.45) is 0 Å². The fourth-order valence-electron chi connectivity index (χ4n) is 1.79. The average Bonchev–Trinajstić information content (AvgIpc) is 2.28. The van der Waals surface area contributed by atoms with Crippen LogP contribution in [0.15, 0.2) is 12.1 Å². The first kappa shape index (κ1) is 14.0. The van der Waals surface area contributed by atoms with E-state index in [2.05, 4.69) is 18.8 Å². The summed E-state index contributed by atoms with van der Waals surface area (Å²) in [5, 5.41) is 0.369. The van der Waals surface area contributed by atoms with Crippen LogP contribution in [0.2, 0.25) is 5.15 Å². The molecule has 1 heterocycles. The molecule has 0 aromatic carbocycles. The van der Waals surface area contributed by atoms with Gasteiger partial charge in [-0.2, -0.15) is 0 Å². The fourth-order valence-corrected chi connectivity index (χ4v) is 2.04. The Labute approximate surface area is 108 Å². The lowest BCUT2D eigenvalue weighted by Gasteiger charge is -2.27. The third kappa shape index (κ3) is 3.43. The molecule has 0 N–H and O–H groups in total. The van der Waals surface area contributed by atoms with E-state index < -0.39 is 0 Å². The Kier molecular flexibility index (Phi) is 4.94. The number of nitrogens with zero attached hydrogens (tertiary/aromatic N) is 2. The minimum atomic E-state index is 0.0225. The molecule has 3 nitrogen and oxygen atoms in total. The molecular formula is C13H19ClN2O. The number of aryl methyl sites for hydroxylation is 1. The van der Waals surface area contributed by atoms with E-state index in [1.54, 1.807) is 12.1 Å². The summed E-state index contributed by atoms with van der Waals surface area (Å²) < 4.78 is 0. The lowest BCUT2D eigenvalue weighted by Crippen LogP contribution is -2.38. The molecule has 0 bridgehead atoms. The van der Waals surface area contributed by atoms with Crippen LogP contribution in [-0.4, -0.2) is 28.4 Å². The molecular weight excluding hydrogens is 236 g/mol. The number of hydrogen-bond donors (Lipinski definition) is 0. The monoisotopic (exact) mass is 254 g/mol. The minimum Gasteiger partial charge on any atom is -0.336 e. The largest absolute Gasteiger partial charge is 0.336 e. The predicted molar refractivity (Wildman–Crippen MR) is 70.4 cm³/mol. The number of rotatable bonds is 4. The van der Waals surface area contributed by atoms with Gasteiger partial charge in [-0.1, -0.05) is 18.5 Å². The van der Waals surface area contributed by atoms with Gasteiger partial charge < -0.3 is 4.90 Å². The summed E-state index contributed by atoms with van der Waals surface area (Å²) in [4.78, 5) is 18.2. The van der Waals surface area contributed by atoms with Crippen molar-refractivity contribution < 1.29 is 4.79 Å². The molecule has 0 saturated carbocycles. The molecule has 1 rings (SSSR count). The predicted octanol–water partition coefficient (Wildman–Crippen LogP) is 3.30. The first-order valence-electron chi connectivity index (χ1n) is 5.94. The zero-order valence-electron chi connectivity index (χ0n) is 10.8. The summed E-state index contributed by atoms with van der Waals surface area (Å²) in [6.07, 6.45) is 0.942. The third-order valence-electron chi connectivity index (χ3n) is 2.89. The van der Waals surface area contributed by atoms with Gasteiger partial charge in [0.2, 0.25) is 0 Å². The molecule has 0 spiro atoms. The van der Waals surface area contributed by atoms with Crippen molar-refractivity contribution in [3.8, 4) is 0 Å². The molecule has 17 heavy (non-hydrogen) atoms. The lowest BCUT2D eigenvalue weighted by molar-refractivity contribution is 0.0699. The highest BCUT2D eigenvalue weighted by molar-refractivity contribution is 6.29. The lowest BCUT2D eigenvalue weighted by atomic mass is 10.1. The summed E-state index contributed by atoms with van der Waals surface area (Å²) >= 11 is 5.87. The van der Waals surface area contributed by atoms with Crippen molar-refractivity contribution in [2.75, 3.05) is 6.54 Å². The van der Waals surface area contributed by atoms with E-state index >= 15 is 0 Å². The molecule has 1 aromatic rings. The quantitative estimate of drug-likeness (QED) is 0.773. The van der Waals surface area contributed by atoms with Gasteiger partial charge in [0.05, 0.1) is 0 Å². The molecule has 0 radical (unpaired) electrons. The Morgan fingerprint density at radius 1 is 1.47 bits per heavy atom. The Hall–Kier alpha value is -1.09. The standard InChI is InChI=1S/C13H19ClN2O/c1-5-10(4)16(6-2)13(17)11-7-9(3)15-12(14)8-11/h7-8,10H,5-6H2,1-4H3. The minimum absolute atomic E-state index is 0.0225. The van der Waals surface area contributed by atoms with E-state index in [4.69, 9.17) is 11.6 Å². The second kappa shape index (κ2) is 6.01. The summed E-state index contributed by atoms with van der Waals surface area (Å²) in [5.74, 6) is 0.0225. The maximum atomic E-state index is 12.3. The zero-order chi connectivity index (χ0) is 13.0. The van der Waals surface area contributed by atoms with Crippen LogP contribution in [0.5, 0.6) is 0 Å². The van der Waals surface area contributed by atoms with Crippen LogP contribution in [0, 0.1) is 6.92 Å². The van der Waals surface area contributed by atoms with Gasteiger partial charge in [0.25, 0.3) is 5.91 Å². The van der Waals surface area contributed by atoms with Crippen LogP contribution >= 0.6 is 11.6 Å². The van der Waals surface area contributed by atoms with Crippen LogP contribution in [0.1, 0.15) is 43.2 Å². The summed E-state index contributed by atoms with van der Waals surface area (Å²) in [6, 6.07) is 3.64. The number of carbonyl (C=O) groups is 1. The third-order valence-corrected chi connectivity index (χ3v) is 3.09. The molecule has 4 heteroatoms. The normalized spacial score (nSPS) is 12.3. The second-order valence-corrected chi connectivity index (χ2v) is 4.56. The van der Waals surface area contributed by atoms with E-state index in [-0.39, 0.29) is 11.9 Å². The highest BCUT2D eigenvalue weighted by atomic mass is 35.5. The van der Waals surface area contributed by atoms with Crippen LogP contribution in [0.25, 0.3) is 0 Å². The van der Waals surface area contributed by atoms with Crippen molar-refractivity contribution >= 4 is 17.5 Å². The summed E-state index contributed by atoms with van der Waals surface area (Å²) in [5.41, 5.74) is 1.38. The topological polar surface area (TPSA) is 33.2 Å². The first-order chi connectivity index (χ1) is 7.99. The van der Waals surface area contributed by atoms with Gasteiger partial charge in [0, 0.05) is 23.8 Å². The fraction of sp³-hybridized carbons (Fsp3) is 0.538. The van der Waals surface area contributed by atoms with Gasteiger partial charge in [-0.05, 0) is 39.3 Å². The molecule has 1 amide bonds. The van der Waals surface area contributed by atoms with Crippen LogP contribution in [-0.2, 0) is 0 Å². The van der Waals surface area contributed by atoms with Crippen LogP contribution < -0.4 is 0 Å². The molecule has 1 aromatic heterocycles. The molecule has 0 fully saturated rings. The summed E-state index contributed by atoms with van der Waals surface area (Å²) in [6.45, 7) is 8.65. The van der Waals surface area contributed by atoms with Crippen molar-refractivity contribution in [2.45, 2.75) is 40.2 Å². The number of halogens is 1. The maximum Gasteiger partial charge on any atom is 0.254 e. The van der Waals surface area contributed by atoms with E-state index in [0.717, 1.165) is 12.1 Å². The van der Waals surface area contributed by atoms with Gasteiger partial charge >= 0.3 is 0 Å². The average molecular weight is 255 g/mol. The highest BCUT2D eigenvalue weighted by Gasteiger charge is 2.19. The van der Waals surface area contributed by atoms with Crippen molar-refractivity contribution in [3.05, 3.63) is 28.5 Å². The van der Waals surface area contributed by atoms with Gasteiger partial charge in [-0.3, -0.25) is 4.79 Å². The Bertz CT molecular complexity index is 386. The van der Waals surface area contributed by atoms with Gasteiger partial charge in [-0.25, -0.2) is 4.98 Å². The number of amides is 1. The molecule has 0 aliphatic rings. The number of aromatic nitrogens is 1.